The first-order valence-corrected chi connectivity index (χ1v) is 13.6. The lowest BCUT2D eigenvalue weighted by atomic mass is 9.72. The molecule has 4 aromatic rings. The molecule has 6 nitrogen and oxygen atoms in total. The minimum absolute atomic E-state index is 0.0232. The molecule has 3 aromatic carbocycles. The largest absolute Gasteiger partial charge is 0.358 e. The number of anilines is 4. The zero-order valence-corrected chi connectivity index (χ0v) is 22.4. The second-order valence-electron chi connectivity index (χ2n) is 11.1. The third kappa shape index (κ3) is 2.91. The number of hydrogen-bond donors (Lipinski definition) is 0. The molecule has 0 bridgehead atoms. The Labute approximate surface area is 229 Å². The molecule has 0 aliphatic carbocycles. The molecule has 4 atom stereocenters. The van der Waals surface area contributed by atoms with E-state index in [0.717, 1.165) is 28.6 Å². The number of hydrogen-bond acceptors (Lipinski definition) is 6. The Bertz CT molecular complexity index is 1690. The van der Waals surface area contributed by atoms with Crippen LogP contribution in [0.25, 0.3) is 17.0 Å². The highest BCUT2D eigenvalue weighted by molar-refractivity contribution is 5.91. The first kappa shape index (κ1) is 22.4. The molecule has 4 unspecified atom stereocenters. The molecule has 0 spiro atoms. The van der Waals surface area contributed by atoms with Crippen molar-refractivity contribution in [3.63, 3.8) is 0 Å². The maximum atomic E-state index is 5.21. The normalized spacial score (nSPS) is 24.0. The van der Waals surface area contributed by atoms with Gasteiger partial charge in [-0.1, -0.05) is 67.2 Å². The van der Waals surface area contributed by atoms with E-state index in [1.54, 1.807) is 0 Å². The monoisotopic (exact) mass is 510 g/mol. The van der Waals surface area contributed by atoms with Crippen LogP contribution in [-0.2, 0) is 0 Å². The molecule has 4 aliphatic heterocycles. The molecule has 0 saturated carbocycles. The molecule has 8 rings (SSSR count). The molecule has 192 valence electrons. The minimum Gasteiger partial charge on any atom is -0.358 e. The molecule has 6 heteroatoms. The first-order chi connectivity index (χ1) is 19.0. The summed E-state index contributed by atoms with van der Waals surface area (Å²) in [6, 6.07) is 25.9. The number of fused-ring (bicyclic) bond motifs is 12. The van der Waals surface area contributed by atoms with Gasteiger partial charge in [-0.05, 0) is 35.8 Å². The van der Waals surface area contributed by atoms with Crippen molar-refractivity contribution in [1.82, 2.24) is 14.9 Å². The average Bonchev–Trinajstić information content (AvgIpc) is 3.46. The van der Waals surface area contributed by atoms with E-state index < -0.39 is 0 Å². The van der Waals surface area contributed by atoms with Gasteiger partial charge in [-0.2, -0.15) is 0 Å². The molecular formula is C33H30N6. The van der Waals surface area contributed by atoms with Crippen LogP contribution in [0.2, 0.25) is 0 Å². The summed E-state index contributed by atoms with van der Waals surface area (Å²) in [4.78, 5) is 19.8. The molecular weight excluding hydrogens is 480 g/mol. The number of aromatic nitrogens is 2. The highest BCUT2D eigenvalue weighted by Crippen LogP contribution is 2.59. The van der Waals surface area contributed by atoms with Gasteiger partial charge in [0.1, 0.15) is 18.0 Å². The summed E-state index contributed by atoms with van der Waals surface area (Å²) in [5.74, 6) is 2.05. The van der Waals surface area contributed by atoms with Gasteiger partial charge in [-0.25, -0.2) is 9.97 Å². The molecule has 5 heterocycles. The second kappa shape index (κ2) is 7.96. The van der Waals surface area contributed by atoms with Crippen molar-refractivity contribution in [2.45, 2.75) is 25.2 Å². The van der Waals surface area contributed by atoms with E-state index >= 15 is 0 Å². The van der Waals surface area contributed by atoms with Crippen molar-refractivity contribution in [3.05, 3.63) is 115 Å². The summed E-state index contributed by atoms with van der Waals surface area (Å²) >= 11 is 0. The van der Waals surface area contributed by atoms with Crippen LogP contribution in [0.1, 0.15) is 22.6 Å². The topological polar surface area (TPSA) is 38.7 Å². The van der Waals surface area contributed by atoms with Crippen LogP contribution >= 0.6 is 0 Å². The Morgan fingerprint density at radius 3 is 2.31 bits per heavy atom. The van der Waals surface area contributed by atoms with Crippen molar-refractivity contribution in [2.24, 2.45) is 5.92 Å². The predicted octanol–water partition coefficient (Wildman–Crippen LogP) is 6.36. The highest BCUT2D eigenvalue weighted by atomic mass is 15.5. The maximum absolute atomic E-state index is 5.21. The Balaban J connectivity index is 1.38. The van der Waals surface area contributed by atoms with Gasteiger partial charge >= 0.3 is 0 Å². The van der Waals surface area contributed by atoms with E-state index in [2.05, 4.69) is 126 Å². The molecule has 0 N–H and O–H groups in total. The van der Waals surface area contributed by atoms with Crippen molar-refractivity contribution >= 4 is 28.5 Å². The Kier molecular flexibility index (Phi) is 4.57. The van der Waals surface area contributed by atoms with Crippen molar-refractivity contribution in [3.8, 4) is 11.4 Å². The summed E-state index contributed by atoms with van der Waals surface area (Å²) in [7, 11) is 4.38. The quantitative estimate of drug-likeness (QED) is 0.297. The van der Waals surface area contributed by atoms with E-state index in [1.807, 2.05) is 6.20 Å². The van der Waals surface area contributed by atoms with E-state index in [1.165, 1.54) is 28.0 Å². The van der Waals surface area contributed by atoms with Gasteiger partial charge in [0.2, 0.25) is 0 Å². The molecule has 0 amide bonds. The number of para-hydroxylation sites is 2. The van der Waals surface area contributed by atoms with Gasteiger partial charge in [-0.15, -0.1) is 0 Å². The van der Waals surface area contributed by atoms with Gasteiger partial charge in [0.05, 0.1) is 11.9 Å². The molecule has 4 aliphatic rings. The average molecular weight is 511 g/mol. The Morgan fingerprint density at radius 1 is 0.769 bits per heavy atom. The number of benzene rings is 3. The first-order valence-electron chi connectivity index (χ1n) is 13.6. The standard InChI is InChI=1S/C33H30N6/c1-20-11-5-6-12-22(20)30-34-19-27-31(35-30)37(4)33-29-28(21(2)23-13-7-10-16-26(23)39(27)33)24-14-8-9-15-25(24)38-18-17-36(3)32(29)38/h5-19,28-29,32-33H,2H2,1,3-4H3. The summed E-state index contributed by atoms with van der Waals surface area (Å²) in [5.41, 5.74) is 9.40. The van der Waals surface area contributed by atoms with E-state index in [-0.39, 0.29) is 24.2 Å². The summed E-state index contributed by atoms with van der Waals surface area (Å²) in [5, 5.41) is 0. The fourth-order valence-corrected chi connectivity index (χ4v) is 7.36. The molecule has 1 aromatic heterocycles. The maximum Gasteiger partial charge on any atom is 0.161 e. The van der Waals surface area contributed by atoms with Crippen LogP contribution in [0.3, 0.4) is 0 Å². The van der Waals surface area contributed by atoms with Gasteiger partial charge in [-0.3, -0.25) is 0 Å². The SMILES string of the molecule is C=C1c2ccccc2N2c3cnc(-c4ccccc4C)nc3N(C)C2C2C1c1ccccc1N1C=CN(C)C21. The smallest absolute Gasteiger partial charge is 0.161 e. The zero-order chi connectivity index (χ0) is 26.4. The Hall–Kier alpha value is -4.58. The second-order valence-corrected chi connectivity index (χ2v) is 11.1. The Morgan fingerprint density at radius 2 is 1.49 bits per heavy atom. The van der Waals surface area contributed by atoms with Crippen LogP contribution in [0.15, 0.2) is 98.0 Å². The fraction of sp³-hybridized carbons (Fsp3) is 0.212. The van der Waals surface area contributed by atoms with Crippen LogP contribution in [0.5, 0.6) is 0 Å². The fourth-order valence-electron chi connectivity index (χ4n) is 7.36. The van der Waals surface area contributed by atoms with Crippen LogP contribution < -0.4 is 14.7 Å². The number of rotatable bonds is 1. The molecule has 39 heavy (non-hydrogen) atoms. The summed E-state index contributed by atoms with van der Waals surface area (Å²) in [6.45, 7) is 6.89. The van der Waals surface area contributed by atoms with Gasteiger partial charge < -0.3 is 19.6 Å². The number of allylic oxidation sites excluding steroid dienone is 1. The van der Waals surface area contributed by atoms with Crippen molar-refractivity contribution < 1.29 is 0 Å². The van der Waals surface area contributed by atoms with Gasteiger partial charge in [0.15, 0.2) is 11.6 Å². The van der Waals surface area contributed by atoms with Crippen molar-refractivity contribution in [1.29, 1.82) is 0 Å². The zero-order valence-electron chi connectivity index (χ0n) is 22.4. The third-order valence-corrected chi connectivity index (χ3v) is 9.06. The lowest BCUT2D eigenvalue weighted by molar-refractivity contribution is 0.204. The van der Waals surface area contributed by atoms with E-state index in [9.17, 15) is 0 Å². The predicted molar refractivity (Wildman–Crippen MR) is 158 cm³/mol. The highest BCUT2D eigenvalue weighted by Gasteiger charge is 2.56. The van der Waals surface area contributed by atoms with Crippen LogP contribution in [0.4, 0.5) is 22.9 Å². The third-order valence-electron chi connectivity index (χ3n) is 9.06. The van der Waals surface area contributed by atoms with Gasteiger partial charge in [0.25, 0.3) is 0 Å². The summed E-state index contributed by atoms with van der Waals surface area (Å²) in [6.07, 6.45) is 6.61. The minimum atomic E-state index is 0.0232. The van der Waals surface area contributed by atoms with Gasteiger partial charge in [0, 0.05) is 55.1 Å². The lowest BCUT2D eigenvalue weighted by Crippen LogP contribution is -2.58. The van der Waals surface area contributed by atoms with Crippen LogP contribution in [-0.4, -0.2) is 41.3 Å². The van der Waals surface area contributed by atoms with Crippen LogP contribution in [0, 0.1) is 12.8 Å². The van der Waals surface area contributed by atoms with E-state index in [4.69, 9.17) is 16.5 Å². The summed E-state index contributed by atoms with van der Waals surface area (Å²) < 4.78 is 0. The number of aryl methyl sites for hydroxylation is 1. The number of nitrogens with zero attached hydrogens (tertiary/aromatic N) is 6. The lowest BCUT2D eigenvalue weighted by Gasteiger charge is -2.50. The molecule has 0 fully saturated rings. The van der Waals surface area contributed by atoms with Crippen molar-refractivity contribution in [2.75, 3.05) is 28.8 Å². The molecule has 0 saturated heterocycles. The van der Waals surface area contributed by atoms with E-state index in [0.29, 0.717) is 0 Å². The molecule has 0 radical (unpaired) electrons.